The van der Waals surface area contributed by atoms with Crippen molar-refractivity contribution < 1.29 is 18.8 Å². The molecule has 6 nitrogen and oxygen atoms in total. The summed E-state index contributed by atoms with van der Waals surface area (Å²) in [4.78, 5) is 17.0. The van der Waals surface area contributed by atoms with Crippen LogP contribution in [0.2, 0.25) is 10.2 Å². The van der Waals surface area contributed by atoms with Gasteiger partial charge in [0, 0.05) is 24.2 Å². The first-order valence-corrected chi connectivity index (χ1v) is 13.3. The van der Waals surface area contributed by atoms with Gasteiger partial charge in [0.25, 0.3) is 0 Å². The van der Waals surface area contributed by atoms with Gasteiger partial charge in [0.05, 0.1) is 16.2 Å². The predicted octanol–water partition coefficient (Wildman–Crippen LogP) is 6.94. The fraction of sp³-hybridized carbons (Fsp3) is 0.310. The van der Waals surface area contributed by atoms with Gasteiger partial charge in [-0.25, -0.2) is 9.78 Å². The van der Waals surface area contributed by atoms with Crippen LogP contribution in [0.15, 0.2) is 66.3 Å². The van der Waals surface area contributed by atoms with Gasteiger partial charge in [-0.3, -0.25) is 0 Å². The Labute approximate surface area is 233 Å². The maximum Gasteiger partial charge on any atom is 0.492 e. The Balaban J connectivity index is 1.31. The number of rotatable bonds is 6. The molecule has 3 aromatic rings. The molecule has 196 valence electrons. The smallest absolute Gasteiger partial charge is 0.449 e. The van der Waals surface area contributed by atoms with E-state index in [9.17, 15) is 4.79 Å². The maximum absolute atomic E-state index is 12.9. The normalized spacial score (nSPS) is 17.7. The molecule has 38 heavy (non-hydrogen) atoms. The Morgan fingerprint density at radius 3 is 2.21 bits per heavy atom. The van der Waals surface area contributed by atoms with Gasteiger partial charge in [0.15, 0.2) is 0 Å². The van der Waals surface area contributed by atoms with Gasteiger partial charge in [-0.2, -0.15) is 0 Å². The second kappa shape index (κ2) is 10.4. The van der Waals surface area contributed by atoms with E-state index in [-0.39, 0.29) is 24.2 Å². The van der Waals surface area contributed by atoms with E-state index >= 15 is 0 Å². The first-order valence-electron chi connectivity index (χ1n) is 12.5. The van der Waals surface area contributed by atoms with Gasteiger partial charge >= 0.3 is 13.2 Å². The Morgan fingerprint density at radius 2 is 1.61 bits per heavy atom. The molecule has 1 aromatic heterocycles. The van der Waals surface area contributed by atoms with Crippen molar-refractivity contribution in [2.75, 3.05) is 13.2 Å². The summed E-state index contributed by atoms with van der Waals surface area (Å²) in [6.07, 6.45) is 2.72. The van der Waals surface area contributed by atoms with Crippen LogP contribution in [0.5, 0.6) is 0 Å². The van der Waals surface area contributed by atoms with Crippen LogP contribution in [0.3, 0.4) is 0 Å². The van der Waals surface area contributed by atoms with Crippen molar-refractivity contribution in [2.24, 2.45) is 0 Å². The van der Waals surface area contributed by atoms with Crippen molar-refractivity contribution in [3.63, 3.8) is 0 Å². The lowest BCUT2D eigenvalue weighted by Crippen LogP contribution is -2.41. The van der Waals surface area contributed by atoms with Gasteiger partial charge in [-0.05, 0) is 61.5 Å². The topological polar surface area (TPSA) is 69.7 Å². The molecule has 0 radical (unpaired) electrons. The molecule has 2 aliphatic rings. The summed E-state index contributed by atoms with van der Waals surface area (Å²) >= 11 is 12.5. The Bertz CT molecular complexity index is 1350. The highest BCUT2D eigenvalue weighted by Gasteiger charge is 2.52. The fourth-order valence-corrected chi connectivity index (χ4v) is 5.08. The molecule has 0 atom stereocenters. The lowest BCUT2D eigenvalue weighted by Gasteiger charge is -2.32. The number of halogens is 2. The van der Waals surface area contributed by atoms with Crippen molar-refractivity contribution in [2.45, 2.75) is 44.8 Å². The molecule has 0 saturated carbocycles. The van der Waals surface area contributed by atoms with Crippen LogP contribution in [0.1, 0.15) is 50.3 Å². The van der Waals surface area contributed by atoms with Crippen LogP contribution in [0, 0.1) is 0 Å². The average Bonchev–Trinajstić information content (AvgIpc) is 3.31. The summed E-state index contributed by atoms with van der Waals surface area (Å²) in [7, 11) is -0.705. The summed E-state index contributed by atoms with van der Waals surface area (Å²) in [5.41, 5.74) is 4.80. The number of alkyl carbamates (subject to hydrolysis) is 1. The summed E-state index contributed by atoms with van der Waals surface area (Å²) in [6, 6.07) is 18.2. The number of amides is 1. The Kier molecular flexibility index (Phi) is 7.31. The van der Waals surface area contributed by atoms with E-state index in [0.29, 0.717) is 16.1 Å². The first kappa shape index (κ1) is 26.8. The predicted molar refractivity (Wildman–Crippen MR) is 151 cm³/mol. The van der Waals surface area contributed by atoms with Gasteiger partial charge in [-0.1, -0.05) is 77.8 Å². The molecule has 1 aliphatic heterocycles. The number of hydrogen-bond acceptors (Lipinski definition) is 5. The Hall–Kier alpha value is -2.84. The van der Waals surface area contributed by atoms with Crippen LogP contribution in [-0.2, 0) is 14.0 Å². The van der Waals surface area contributed by atoms with Crippen molar-refractivity contribution in [1.82, 2.24) is 10.3 Å². The second-order valence-corrected chi connectivity index (χ2v) is 11.3. The summed E-state index contributed by atoms with van der Waals surface area (Å²) in [6.45, 7) is 8.22. The monoisotopic (exact) mass is 550 g/mol. The van der Waals surface area contributed by atoms with Crippen molar-refractivity contribution in [1.29, 1.82) is 0 Å². The summed E-state index contributed by atoms with van der Waals surface area (Å²) in [5, 5.41) is 3.58. The largest absolute Gasteiger partial charge is 0.492 e. The number of fused-ring (bicyclic) bond motifs is 3. The third-order valence-corrected chi connectivity index (χ3v) is 8.03. The molecule has 1 aliphatic carbocycles. The minimum absolute atomic E-state index is 0.0254. The highest BCUT2D eigenvalue weighted by molar-refractivity contribution is 6.56. The fourth-order valence-electron chi connectivity index (χ4n) is 4.76. The van der Waals surface area contributed by atoms with Crippen LogP contribution >= 0.6 is 23.2 Å². The van der Waals surface area contributed by atoms with Crippen LogP contribution < -0.4 is 5.32 Å². The molecule has 1 amide bonds. The van der Waals surface area contributed by atoms with Gasteiger partial charge in [0.1, 0.15) is 11.8 Å². The van der Waals surface area contributed by atoms with Gasteiger partial charge in [-0.15, -0.1) is 0 Å². The minimum atomic E-state index is -0.705. The van der Waals surface area contributed by atoms with Gasteiger partial charge in [0.2, 0.25) is 0 Å². The van der Waals surface area contributed by atoms with E-state index in [0.717, 1.165) is 11.1 Å². The number of benzene rings is 2. The molecule has 1 N–H and O–H groups in total. The van der Waals surface area contributed by atoms with E-state index in [1.54, 1.807) is 12.1 Å². The lowest BCUT2D eigenvalue weighted by atomic mass is 9.77. The van der Waals surface area contributed by atoms with E-state index in [4.69, 9.17) is 37.2 Å². The zero-order chi connectivity index (χ0) is 27.1. The second-order valence-electron chi connectivity index (χ2n) is 10.5. The molecule has 5 rings (SSSR count). The molecule has 1 saturated heterocycles. The van der Waals surface area contributed by atoms with E-state index < -0.39 is 24.4 Å². The van der Waals surface area contributed by atoms with Crippen LogP contribution in [0.25, 0.3) is 17.2 Å². The van der Waals surface area contributed by atoms with Crippen molar-refractivity contribution in [3.05, 3.63) is 93.1 Å². The van der Waals surface area contributed by atoms with Gasteiger partial charge < -0.3 is 19.4 Å². The SMILES string of the molecule is CC1(C)OB(C(=Cc2cc(Cl)cnc2Cl)CNC(=O)OCC2c3ccccc3-c3ccccc32)OC1(C)C. The van der Waals surface area contributed by atoms with Crippen LogP contribution in [0.4, 0.5) is 4.79 Å². The number of carbonyl (C=O) groups is 1. The molecule has 0 unspecified atom stereocenters. The first-order chi connectivity index (χ1) is 18.1. The van der Waals surface area contributed by atoms with Crippen molar-refractivity contribution in [3.8, 4) is 11.1 Å². The molecule has 1 fully saturated rings. The molecule has 2 aromatic carbocycles. The zero-order valence-electron chi connectivity index (χ0n) is 21.8. The summed E-state index contributed by atoms with van der Waals surface area (Å²) in [5.74, 6) is -0.0254. The van der Waals surface area contributed by atoms with Crippen LogP contribution in [-0.4, -0.2) is 42.5 Å². The van der Waals surface area contributed by atoms with Crippen molar-refractivity contribution >= 4 is 42.5 Å². The maximum atomic E-state index is 12.9. The number of aromatic nitrogens is 1. The quantitative estimate of drug-likeness (QED) is 0.266. The third kappa shape index (κ3) is 5.21. The molecular weight excluding hydrogens is 522 g/mol. The molecule has 9 heteroatoms. The Morgan fingerprint density at radius 1 is 1.03 bits per heavy atom. The third-order valence-electron chi connectivity index (χ3n) is 7.51. The molecular formula is C29H29BCl2N2O4. The lowest BCUT2D eigenvalue weighted by molar-refractivity contribution is 0.00578. The molecule has 0 bridgehead atoms. The average molecular weight is 551 g/mol. The standard InChI is InChI=1S/C29H29BCl2N2O4/c1-28(2)29(3,4)38-30(37-28)19(13-18-14-20(31)16-33-26(18)32)15-34-27(35)36-17-25-23-11-7-5-9-21(23)22-10-6-8-12-24(22)25/h5-14,16,25H,15,17H2,1-4H3,(H,34,35). The van der Waals surface area contributed by atoms with E-state index in [1.807, 2.05) is 52.0 Å². The molecule has 2 heterocycles. The molecule has 0 spiro atoms. The number of carbonyl (C=O) groups excluding carboxylic acids is 1. The minimum Gasteiger partial charge on any atom is -0.449 e. The zero-order valence-corrected chi connectivity index (χ0v) is 23.3. The highest BCUT2D eigenvalue weighted by Crippen LogP contribution is 2.44. The number of nitrogens with zero attached hydrogens (tertiary/aromatic N) is 1. The summed E-state index contributed by atoms with van der Waals surface area (Å²) < 4.78 is 18.2. The number of ether oxygens (including phenoxy) is 1. The van der Waals surface area contributed by atoms with E-state index in [1.165, 1.54) is 17.3 Å². The van der Waals surface area contributed by atoms with E-state index in [2.05, 4.69) is 34.6 Å². The highest BCUT2D eigenvalue weighted by atomic mass is 35.5. The number of hydrogen-bond donors (Lipinski definition) is 1. The number of nitrogens with one attached hydrogen (secondary N) is 1. The number of pyridine rings is 1.